The van der Waals surface area contributed by atoms with Crippen LogP contribution in [0.15, 0.2) is 30.3 Å². The molecule has 0 saturated heterocycles. The summed E-state index contributed by atoms with van der Waals surface area (Å²) < 4.78 is 11.1. The van der Waals surface area contributed by atoms with Crippen molar-refractivity contribution in [2.75, 3.05) is 6.61 Å². The maximum absolute atomic E-state index is 10.8. The zero-order chi connectivity index (χ0) is 15.2. The Morgan fingerprint density at radius 3 is 2.71 bits per heavy atom. The summed E-state index contributed by atoms with van der Waals surface area (Å²) in [4.78, 5) is 11.9. The monoisotopic (exact) mass is 303 g/mol. The normalized spacial score (nSPS) is 9.90. The second-order valence-corrected chi connectivity index (χ2v) is 5.23. The molecule has 0 spiro atoms. The SMILES string of the molecule is CCOc1cc(C#N)ccc1OCc1ccc(C(=O)O)s1. The van der Waals surface area contributed by atoms with Gasteiger partial charge in [-0.05, 0) is 31.2 Å². The standard InChI is InChI=1S/C15H13NO4S/c1-2-19-13-7-10(8-16)3-5-12(13)20-9-11-4-6-14(21-11)15(17)18/h3-7H,2,9H2,1H3,(H,17,18). The molecule has 0 bridgehead atoms. The summed E-state index contributed by atoms with van der Waals surface area (Å²) in [6.07, 6.45) is 0. The van der Waals surface area contributed by atoms with Crippen molar-refractivity contribution in [3.05, 3.63) is 45.6 Å². The number of ether oxygens (including phenoxy) is 2. The van der Waals surface area contributed by atoms with E-state index in [0.29, 0.717) is 23.7 Å². The van der Waals surface area contributed by atoms with Crippen LogP contribution < -0.4 is 9.47 Å². The lowest BCUT2D eigenvalue weighted by Crippen LogP contribution is -1.99. The van der Waals surface area contributed by atoms with Gasteiger partial charge in [0.1, 0.15) is 11.5 Å². The van der Waals surface area contributed by atoms with Crippen LogP contribution in [0.4, 0.5) is 0 Å². The smallest absolute Gasteiger partial charge is 0.345 e. The van der Waals surface area contributed by atoms with E-state index in [2.05, 4.69) is 0 Å². The Bertz CT molecular complexity index is 687. The Balaban J connectivity index is 2.11. The lowest BCUT2D eigenvalue weighted by atomic mass is 10.2. The topological polar surface area (TPSA) is 79.5 Å². The minimum Gasteiger partial charge on any atom is -0.490 e. The van der Waals surface area contributed by atoms with E-state index >= 15 is 0 Å². The lowest BCUT2D eigenvalue weighted by molar-refractivity contribution is 0.0702. The highest BCUT2D eigenvalue weighted by atomic mass is 32.1. The van der Waals surface area contributed by atoms with Gasteiger partial charge in [-0.1, -0.05) is 0 Å². The molecular weight excluding hydrogens is 290 g/mol. The minimum atomic E-state index is -0.945. The Hall–Kier alpha value is -2.52. The molecule has 0 unspecified atom stereocenters. The molecule has 21 heavy (non-hydrogen) atoms. The minimum absolute atomic E-state index is 0.254. The van der Waals surface area contributed by atoms with E-state index in [0.717, 1.165) is 4.88 Å². The van der Waals surface area contributed by atoms with E-state index < -0.39 is 5.97 Å². The fourth-order valence-electron chi connectivity index (χ4n) is 1.68. The van der Waals surface area contributed by atoms with Gasteiger partial charge in [0.05, 0.1) is 18.2 Å². The van der Waals surface area contributed by atoms with Crippen LogP contribution in [0.1, 0.15) is 27.0 Å². The fourth-order valence-corrected chi connectivity index (χ4v) is 2.44. The molecule has 1 N–H and O–H groups in total. The average molecular weight is 303 g/mol. The zero-order valence-electron chi connectivity index (χ0n) is 11.3. The van der Waals surface area contributed by atoms with Crippen molar-refractivity contribution >= 4 is 17.3 Å². The molecule has 0 aliphatic heterocycles. The number of hydrogen-bond acceptors (Lipinski definition) is 5. The molecule has 1 aromatic carbocycles. The number of rotatable bonds is 6. The molecule has 0 amide bonds. The number of carbonyl (C=O) groups is 1. The predicted molar refractivity (Wildman–Crippen MR) is 77.9 cm³/mol. The lowest BCUT2D eigenvalue weighted by Gasteiger charge is -2.11. The van der Waals surface area contributed by atoms with E-state index in [1.165, 1.54) is 11.3 Å². The molecule has 5 nitrogen and oxygen atoms in total. The van der Waals surface area contributed by atoms with Crippen LogP contribution in [-0.2, 0) is 6.61 Å². The van der Waals surface area contributed by atoms with Gasteiger partial charge in [-0.25, -0.2) is 4.79 Å². The second-order valence-electron chi connectivity index (χ2n) is 4.07. The van der Waals surface area contributed by atoms with Crippen molar-refractivity contribution in [2.24, 2.45) is 0 Å². The zero-order valence-corrected chi connectivity index (χ0v) is 12.1. The van der Waals surface area contributed by atoms with Gasteiger partial charge >= 0.3 is 5.97 Å². The highest BCUT2D eigenvalue weighted by molar-refractivity contribution is 7.13. The van der Waals surface area contributed by atoms with Crippen molar-refractivity contribution in [2.45, 2.75) is 13.5 Å². The van der Waals surface area contributed by atoms with Crippen LogP contribution in [0, 0.1) is 11.3 Å². The van der Waals surface area contributed by atoms with Crippen LogP contribution in [0.25, 0.3) is 0 Å². The summed E-state index contributed by atoms with van der Waals surface area (Å²) in [5.74, 6) is 0.0901. The molecule has 0 fully saturated rings. The Morgan fingerprint density at radius 1 is 1.29 bits per heavy atom. The number of hydrogen-bond donors (Lipinski definition) is 1. The van der Waals surface area contributed by atoms with Crippen molar-refractivity contribution < 1.29 is 19.4 Å². The van der Waals surface area contributed by atoms with E-state index in [-0.39, 0.29) is 11.5 Å². The van der Waals surface area contributed by atoms with Crippen LogP contribution >= 0.6 is 11.3 Å². The quantitative estimate of drug-likeness (QED) is 0.885. The van der Waals surface area contributed by atoms with Crippen LogP contribution in [-0.4, -0.2) is 17.7 Å². The fraction of sp³-hybridized carbons (Fsp3) is 0.200. The van der Waals surface area contributed by atoms with Crippen LogP contribution in [0.5, 0.6) is 11.5 Å². The van der Waals surface area contributed by atoms with Gasteiger partial charge in [0.2, 0.25) is 0 Å². The number of aromatic carboxylic acids is 1. The molecular formula is C15H13NO4S. The summed E-state index contributed by atoms with van der Waals surface area (Å²) >= 11 is 1.17. The van der Waals surface area contributed by atoms with E-state index in [1.54, 1.807) is 30.3 Å². The van der Waals surface area contributed by atoms with E-state index in [4.69, 9.17) is 19.8 Å². The van der Waals surface area contributed by atoms with Gasteiger partial charge in [0.25, 0.3) is 0 Å². The van der Waals surface area contributed by atoms with Gasteiger partial charge in [-0.3, -0.25) is 0 Å². The third-order valence-electron chi connectivity index (χ3n) is 2.62. The highest BCUT2D eigenvalue weighted by Crippen LogP contribution is 2.29. The van der Waals surface area contributed by atoms with Gasteiger partial charge < -0.3 is 14.6 Å². The number of thiophene rings is 1. The molecule has 2 rings (SSSR count). The van der Waals surface area contributed by atoms with Crippen LogP contribution in [0.2, 0.25) is 0 Å². The first-order valence-corrected chi connectivity index (χ1v) is 7.07. The molecule has 1 heterocycles. The van der Waals surface area contributed by atoms with Gasteiger partial charge in [-0.2, -0.15) is 5.26 Å². The second kappa shape index (κ2) is 6.77. The first kappa shape index (κ1) is 14.9. The largest absolute Gasteiger partial charge is 0.490 e. The molecule has 6 heteroatoms. The third-order valence-corrected chi connectivity index (χ3v) is 3.66. The number of benzene rings is 1. The first-order chi connectivity index (χ1) is 10.1. The van der Waals surface area contributed by atoms with Gasteiger partial charge in [0.15, 0.2) is 11.5 Å². The number of carboxylic acid groups (broad SMARTS) is 1. The third kappa shape index (κ3) is 3.74. The average Bonchev–Trinajstić information content (AvgIpc) is 2.95. The summed E-state index contributed by atoms with van der Waals surface area (Å²) in [5, 5.41) is 17.8. The van der Waals surface area contributed by atoms with Crippen molar-refractivity contribution in [3.8, 4) is 17.6 Å². The first-order valence-electron chi connectivity index (χ1n) is 6.25. The number of carboxylic acids is 1. The molecule has 0 saturated carbocycles. The van der Waals surface area contributed by atoms with Crippen LogP contribution in [0.3, 0.4) is 0 Å². The maximum atomic E-state index is 10.8. The molecule has 1 aromatic heterocycles. The summed E-state index contributed by atoms with van der Waals surface area (Å²) in [7, 11) is 0. The van der Waals surface area contributed by atoms with Crippen molar-refractivity contribution in [1.82, 2.24) is 0 Å². The molecule has 2 aromatic rings. The Labute approximate surface area is 126 Å². The van der Waals surface area contributed by atoms with E-state index in [1.807, 2.05) is 13.0 Å². The maximum Gasteiger partial charge on any atom is 0.345 e. The Morgan fingerprint density at radius 2 is 2.10 bits per heavy atom. The molecule has 0 aliphatic rings. The number of nitriles is 1. The van der Waals surface area contributed by atoms with Gasteiger partial charge in [-0.15, -0.1) is 11.3 Å². The Kier molecular flexibility index (Phi) is 4.80. The predicted octanol–water partition coefficient (Wildman–Crippen LogP) is 3.30. The molecule has 0 aliphatic carbocycles. The van der Waals surface area contributed by atoms with Gasteiger partial charge in [0, 0.05) is 10.9 Å². The highest BCUT2D eigenvalue weighted by Gasteiger charge is 2.10. The summed E-state index contributed by atoms with van der Waals surface area (Å²) in [5.41, 5.74) is 0.495. The van der Waals surface area contributed by atoms with E-state index in [9.17, 15) is 4.79 Å². The molecule has 0 atom stereocenters. The van der Waals surface area contributed by atoms with Crippen molar-refractivity contribution in [3.63, 3.8) is 0 Å². The molecule has 0 radical (unpaired) electrons. The molecule has 108 valence electrons. The van der Waals surface area contributed by atoms with Crippen molar-refractivity contribution in [1.29, 1.82) is 5.26 Å². The summed E-state index contributed by atoms with van der Waals surface area (Å²) in [6, 6.07) is 10.3. The summed E-state index contributed by atoms with van der Waals surface area (Å²) in [6.45, 7) is 2.57. The number of nitrogens with zero attached hydrogens (tertiary/aromatic N) is 1.